The predicted molar refractivity (Wildman–Crippen MR) is 77.7 cm³/mol. The van der Waals surface area contributed by atoms with Crippen LogP contribution in [-0.2, 0) is 4.74 Å². The van der Waals surface area contributed by atoms with E-state index in [9.17, 15) is 0 Å². The standard InChI is InChI=1S/C15H24N2O3/c1-15(2,3)14(18-4)13(17-16)10-5-6-11-12(9-10)20-8-7-19-11/h5-6,9,13-14,17H,7-8,16H2,1-4H3. The monoisotopic (exact) mass is 280 g/mol. The number of fused-ring (bicyclic) bond motifs is 1. The Morgan fingerprint density at radius 3 is 2.40 bits per heavy atom. The Labute approximate surface area is 120 Å². The van der Waals surface area contributed by atoms with E-state index in [-0.39, 0.29) is 17.6 Å². The van der Waals surface area contributed by atoms with E-state index in [1.54, 1.807) is 7.11 Å². The van der Waals surface area contributed by atoms with E-state index in [1.807, 2.05) is 18.2 Å². The van der Waals surface area contributed by atoms with E-state index in [0.717, 1.165) is 17.1 Å². The molecule has 112 valence electrons. The molecule has 2 atom stereocenters. The molecule has 2 rings (SSSR count). The third-order valence-electron chi connectivity index (χ3n) is 3.52. The van der Waals surface area contributed by atoms with Gasteiger partial charge in [-0.05, 0) is 23.1 Å². The first kappa shape index (κ1) is 15.1. The van der Waals surface area contributed by atoms with Crippen molar-refractivity contribution in [3.8, 4) is 11.5 Å². The Morgan fingerprint density at radius 1 is 1.20 bits per heavy atom. The highest BCUT2D eigenvalue weighted by Crippen LogP contribution is 2.37. The van der Waals surface area contributed by atoms with Crippen LogP contribution in [0.4, 0.5) is 0 Å². The second-order valence-electron chi connectivity index (χ2n) is 6.07. The molecular formula is C15H24N2O3. The molecule has 1 aliphatic heterocycles. The molecule has 1 heterocycles. The molecule has 0 saturated heterocycles. The third kappa shape index (κ3) is 3.06. The van der Waals surface area contributed by atoms with Gasteiger partial charge in [-0.2, -0.15) is 0 Å². The van der Waals surface area contributed by atoms with Gasteiger partial charge >= 0.3 is 0 Å². The minimum atomic E-state index is -0.115. The highest BCUT2D eigenvalue weighted by Gasteiger charge is 2.33. The largest absolute Gasteiger partial charge is 0.486 e. The number of ether oxygens (including phenoxy) is 3. The quantitative estimate of drug-likeness (QED) is 0.652. The molecule has 1 aromatic carbocycles. The maximum Gasteiger partial charge on any atom is 0.161 e. The molecule has 0 amide bonds. The van der Waals surface area contributed by atoms with Crippen LogP contribution in [-0.4, -0.2) is 26.4 Å². The van der Waals surface area contributed by atoms with Gasteiger partial charge in [-0.15, -0.1) is 0 Å². The lowest BCUT2D eigenvalue weighted by molar-refractivity contribution is -0.0121. The van der Waals surface area contributed by atoms with Crippen molar-refractivity contribution in [1.82, 2.24) is 5.43 Å². The fraction of sp³-hybridized carbons (Fsp3) is 0.600. The first-order valence-corrected chi connectivity index (χ1v) is 6.86. The van der Waals surface area contributed by atoms with E-state index in [0.29, 0.717) is 13.2 Å². The van der Waals surface area contributed by atoms with E-state index >= 15 is 0 Å². The molecule has 0 bridgehead atoms. The van der Waals surface area contributed by atoms with E-state index in [4.69, 9.17) is 20.1 Å². The third-order valence-corrected chi connectivity index (χ3v) is 3.52. The summed E-state index contributed by atoms with van der Waals surface area (Å²) < 4.78 is 16.8. The second-order valence-corrected chi connectivity index (χ2v) is 6.07. The van der Waals surface area contributed by atoms with Gasteiger partial charge in [-0.25, -0.2) is 0 Å². The molecule has 0 aliphatic carbocycles. The number of hydrogen-bond donors (Lipinski definition) is 2. The van der Waals surface area contributed by atoms with Crippen LogP contribution < -0.4 is 20.7 Å². The van der Waals surface area contributed by atoms with Crippen LogP contribution in [0.5, 0.6) is 11.5 Å². The van der Waals surface area contributed by atoms with Gasteiger partial charge in [-0.3, -0.25) is 11.3 Å². The summed E-state index contributed by atoms with van der Waals surface area (Å²) in [4.78, 5) is 0. The van der Waals surface area contributed by atoms with Crippen LogP contribution in [0.2, 0.25) is 0 Å². The van der Waals surface area contributed by atoms with Gasteiger partial charge in [0.15, 0.2) is 11.5 Å². The summed E-state index contributed by atoms with van der Waals surface area (Å²) >= 11 is 0. The summed E-state index contributed by atoms with van der Waals surface area (Å²) in [6.07, 6.45) is -0.0601. The number of rotatable bonds is 4. The van der Waals surface area contributed by atoms with Crippen molar-refractivity contribution < 1.29 is 14.2 Å². The molecule has 1 aromatic rings. The summed E-state index contributed by atoms with van der Waals surface area (Å²) in [7, 11) is 1.71. The Kier molecular flexibility index (Phi) is 4.52. The summed E-state index contributed by atoms with van der Waals surface area (Å²) in [5, 5.41) is 0. The van der Waals surface area contributed by atoms with Crippen LogP contribution in [0, 0.1) is 5.41 Å². The average molecular weight is 280 g/mol. The molecule has 3 N–H and O–H groups in total. The summed E-state index contributed by atoms with van der Waals surface area (Å²) in [5.41, 5.74) is 3.85. The first-order chi connectivity index (χ1) is 9.47. The summed E-state index contributed by atoms with van der Waals surface area (Å²) in [5.74, 6) is 7.29. The Balaban J connectivity index is 2.31. The lowest BCUT2D eigenvalue weighted by atomic mass is 9.82. The number of methoxy groups -OCH3 is 1. The van der Waals surface area contributed by atoms with E-state index in [2.05, 4.69) is 26.2 Å². The zero-order valence-electron chi connectivity index (χ0n) is 12.6. The van der Waals surface area contributed by atoms with Gasteiger partial charge < -0.3 is 14.2 Å². The lowest BCUT2D eigenvalue weighted by Gasteiger charge is -2.36. The van der Waals surface area contributed by atoms with Crippen molar-refractivity contribution in [2.24, 2.45) is 11.3 Å². The Hall–Kier alpha value is -1.30. The molecule has 5 nitrogen and oxygen atoms in total. The number of nitrogens with two attached hydrogens (primary N) is 1. The fourth-order valence-corrected chi connectivity index (χ4v) is 2.60. The molecule has 0 spiro atoms. The van der Waals surface area contributed by atoms with E-state index < -0.39 is 0 Å². The fourth-order valence-electron chi connectivity index (χ4n) is 2.60. The van der Waals surface area contributed by atoms with Crippen molar-refractivity contribution in [1.29, 1.82) is 0 Å². The first-order valence-electron chi connectivity index (χ1n) is 6.86. The van der Waals surface area contributed by atoms with Gasteiger partial charge in [0.05, 0.1) is 12.1 Å². The Bertz CT molecular complexity index is 457. The minimum absolute atomic E-state index is 0.0426. The van der Waals surface area contributed by atoms with Gasteiger partial charge in [0.2, 0.25) is 0 Å². The number of hydrazine groups is 1. The number of hydrogen-bond acceptors (Lipinski definition) is 5. The Morgan fingerprint density at radius 2 is 1.85 bits per heavy atom. The molecule has 0 radical (unpaired) electrons. The van der Waals surface area contributed by atoms with Crippen molar-refractivity contribution in [2.75, 3.05) is 20.3 Å². The van der Waals surface area contributed by atoms with Crippen LogP contribution in [0.1, 0.15) is 32.4 Å². The predicted octanol–water partition coefficient (Wildman–Crippen LogP) is 2.02. The van der Waals surface area contributed by atoms with Crippen LogP contribution >= 0.6 is 0 Å². The number of benzene rings is 1. The maximum absolute atomic E-state index is 5.75. The maximum atomic E-state index is 5.75. The number of nitrogens with one attached hydrogen (secondary N) is 1. The van der Waals surface area contributed by atoms with Crippen molar-refractivity contribution in [2.45, 2.75) is 32.9 Å². The van der Waals surface area contributed by atoms with Gasteiger partial charge in [-0.1, -0.05) is 26.8 Å². The zero-order chi connectivity index (χ0) is 14.8. The highest BCUT2D eigenvalue weighted by molar-refractivity contribution is 5.45. The molecule has 2 unspecified atom stereocenters. The highest BCUT2D eigenvalue weighted by atomic mass is 16.6. The van der Waals surface area contributed by atoms with Crippen LogP contribution in [0.15, 0.2) is 18.2 Å². The zero-order valence-corrected chi connectivity index (χ0v) is 12.6. The SMILES string of the molecule is COC(C(NN)c1ccc2c(c1)OCCO2)C(C)(C)C. The lowest BCUT2D eigenvalue weighted by Crippen LogP contribution is -2.44. The summed E-state index contributed by atoms with van der Waals surface area (Å²) in [6.45, 7) is 7.55. The molecule has 20 heavy (non-hydrogen) atoms. The minimum Gasteiger partial charge on any atom is -0.486 e. The molecular weight excluding hydrogens is 256 g/mol. The molecule has 1 aliphatic rings. The second kappa shape index (κ2) is 5.99. The van der Waals surface area contributed by atoms with Crippen LogP contribution in [0.25, 0.3) is 0 Å². The van der Waals surface area contributed by atoms with Gasteiger partial charge in [0.1, 0.15) is 13.2 Å². The molecule has 0 saturated carbocycles. The molecule has 0 aromatic heterocycles. The molecule has 5 heteroatoms. The topological polar surface area (TPSA) is 65.7 Å². The van der Waals surface area contributed by atoms with Gasteiger partial charge in [0.25, 0.3) is 0 Å². The van der Waals surface area contributed by atoms with E-state index in [1.165, 1.54) is 0 Å². The van der Waals surface area contributed by atoms with Crippen molar-refractivity contribution in [3.05, 3.63) is 23.8 Å². The normalized spacial score (nSPS) is 17.6. The van der Waals surface area contributed by atoms with Crippen LogP contribution in [0.3, 0.4) is 0 Å². The van der Waals surface area contributed by atoms with Crippen molar-refractivity contribution in [3.63, 3.8) is 0 Å². The average Bonchev–Trinajstić information content (AvgIpc) is 2.42. The summed E-state index contributed by atoms with van der Waals surface area (Å²) in [6, 6.07) is 5.77. The molecule has 0 fully saturated rings. The van der Waals surface area contributed by atoms with Gasteiger partial charge in [0, 0.05) is 7.11 Å². The smallest absolute Gasteiger partial charge is 0.161 e. The van der Waals surface area contributed by atoms with Crippen molar-refractivity contribution >= 4 is 0 Å².